The maximum absolute atomic E-state index is 11.1. The molecule has 0 radical (unpaired) electrons. The molecule has 0 unspecified atom stereocenters. The Balaban J connectivity index is 2.34. The van der Waals surface area contributed by atoms with E-state index in [1.165, 1.54) is 12.4 Å². The van der Waals surface area contributed by atoms with Gasteiger partial charge in [0.2, 0.25) is 0 Å². The molecule has 0 amide bonds. The third-order valence-corrected chi connectivity index (χ3v) is 2.57. The highest BCUT2D eigenvalue weighted by Gasteiger charge is 2.53. The predicted octanol–water partition coefficient (Wildman–Crippen LogP) is -0.0463. The van der Waals surface area contributed by atoms with E-state index in [9.17, 15) is 9.90 Å². The molecule has 0 aliphatic heterocycles. The lowest BCUT2D eigenvalue weighted by molar-refractivity contribution is -0.153. The zero-order valence-electron chi connectivity index (χ0n) is 7.42. The lowest BCUT2D eigenvalue weighted by atomic mass is 9.66. The number of rotatable bonds is 2. The molecule has 1 aliphatic carbocycles. The first-order valence-electron chi connectivity index (χ1n) is 4.34. The summed E-state index contributed by atoms with van der Waals surface area (Å²) in [6, 6.07) is 1.63. The van der Waals surface area contributed by atoms with Crippen LogP contribution >= 0.6 is 0 Å². The lowest BCUT2D eigenvalue weighted by Crippen LogP contribution is -2.51. The van der Waals surface area contributed by atoms with Crippen LogP contribution in [0, 0.1) is 0 Å². The fourth-order valence-electron chi connectivity index (χ4n) is 1.74. The van der Waals surface area contributed by atoms with Crippen molar-refractivity contribution < 1.29 is 15.0 Å². The number of aromatic nitrogens is 2. The minimum atomic E-state index is -1.07. The number of hydrogen-bond acceptors (Lipinski definition) is 4. The van der Waals surface area contributed by atoms with E-state index in [1.807, 2.05) is 0 Å². The zero-order chi connectivity index (χ0) is 10.2. The Morgan fingerprint density at radius 1 is 1.43 bits per heavy atom. The molecule has 0 aromatic carbocycles. The molecule has 5 heteroatoms. The van der Waals surface area contributed by atoms with Crippen LogP contribution in [0.2, 0.25) is 0 Å². The second kappa shape index (κ2) is 3.02. The van der Waals surface area contributed by atoms with Crippen LogP contribution in [0.1, 0.15) is 18.7 Å². The molecule has 5 nitrogen and oxygen atoms in total. The first-order valence-corrected chi connectivity index (χ1v) is 4.34. The van der Waals surface area contributed by atoms with E-state index in [1.54, 1.807) is 6.07 Å². The van der Waals surface area contributed by atoms with Crippen molar-refractivity contribution in [2.75, 3.05) is 0 Å². The summed E-state index contributed by atoms with van der Waals surface area (Å²) in [6.45, 7) is 0. The average molecular weight is 194 g/mol. The normalized spacial score (nSPS) is 30.8. The molecule has 1 aromatic heterocycles. The molecule has 0 atom stereocenters. The molecule has 1 saturated carbocycles. The van der Waals surface area contributed by atoms with Crippen LogP contribution in [0.3, 0.4) is 0 Å². The SMILES string of the molecule is O=C(O)C1(c2ncccn2)CC(O)C1. The number of nitrogens with zero attached hydrogens (tertiary/aromatic N) is 2. The quantitative estimate of drug-likeness (QED) is 0.689. The van der Waals surface area contributed by atoms with Crippen molar-refractivity contribution in [3.05, 3.63) is 24.3 Å². The van der Waals surface area contributed by atoms with Gasteiger partial charge in [-0.05, 0) is 18.9 Å². The first-order chi connectivity index (χ1) is 6.65. The number of aliphatic carboxylic acids is 1. The van der Waals surface area contributed by atoms with Crippen LogP contribution in [0.4, 0.5) is 0 Å². The second-order valence-electron chi connectivity index (χ2n) is 3.52. The summed E-state index contributed by atoms with van der Waals surface area (Å²) in [5.41, 5.74) is -1.07. The number of carboxylic acid groups (broad SMARTS) is 1. The number of aliphatic hydroxyl groups excluding tert-OH is 1. The minimum absolute atomic E-state index is 0.201. The molecule has 0 bridgehead atoms. The molecule has 2 N–H and O–H groups in total. The van der Waals surface area contributed by atoms with Gasteiger partial charge < -0.3 is 10.2 Å². The van der Waals surface area contributed by atoms with Gasteiger partial charge in [0.15, 0.2) is 0 Å². The van der Waals surface area contributed by atoms with Crippen LogP contribution < -0.4 is 0 Å². The van der Waals surface area contributed by atoms with Gasteiger partial charge in [0.25, 0.3) is 0 Å². The van der Waals surface area contributed by atoms with Gasteiger partial charge in [-0.3, -0.25) is 4.79 Å². The van der Waals surface area contributed by atoms with E-state index in [2.05, 4.69) is 9.97 Å². The molecule has 1 aliphatic rings. The van der Waals surface area contributed by atoms with Crippen molar-refractivity contribution in [3.63, 3.8) is 0 Å². The van der Waals surface area contributed by atoms with Crippen molar-refractivity contribution in [2.24, 2.45) is 0 Å². The van der Waals surface area contributed by atoms with E-state index in [-0.39, 0.29) is 18.7 Å². The van der Waals surface area contributed by atoms with Crippen molar-refractivity contribution in [1.82, 2.24) is 9.97 Å². The van der Waals surface area contributed by atoms with E-state index in [0.29, 0.717) is 0 Å². The van der Waals surface area contributed by atoms with Gasteiger partial charge >= 0.3 is 5.97 Å². The molecule has 2 rings (SSSR count). The molecule has 0 saturated heterocycles. The van der Waals surface area contributed by atoms with Crippen LogP contribution in [0.5, 0.6) is 0 Å². The second-order valence-corrected chi connectivity index (χ2v) is 3.52. The topological polar surface area (TPSA) is 83.3 Å². The summed E-state index contributed by atoms with van der Waals surface area (Å²) in [4.78, 5) is 18.9. The molecule has 1 fully saturated rings. The summed E-state index contributed by atoms with van der Waals surface area (Å²) < 4.78 is 0. The maximum Gasteiger partial charge on any atom is 0.317 e. The van der Waals surface area contributed by atoms with Gasteiger partial charge in [-0.2, -0.15) is 0 Å². The lowest BCUT2D eigenvalue weighted by Gasteiger charge is -2.39. The minimum Gasteiger partial charge on any atom is -0.480 e. The highest BCUT2D eigenvalue weighted by atomic mass is 16.4. The average Bonchev–Trinajstić information content (AvgIpc) is 2.13. The molecule has 1 heterocycles. The summed E-state index contributed by atoms with van der Waals surface area (Å²) in [7, 11) is 0. The number of hydrogen-bond donors (Lipinski definition) is 2. The first kappa shape index (κ1) is 9.08. The molecule has 74 valence electrons. The van der Waals surface area contributed by atoms with Crippen molar-refractivity contribution in [2.45, 2.75) is 24.4 Å². The van der Waals surface area contributed by atoms with Crippen LogP contribution in [-0.2, 0) is 10.2 Å². The van der Waals surface area contributed by atoms with Gasteiger partial charge in [0.1, 0.15) is 11.2 Å². The Morgan fingerprint density at radius 3 is 2.43 bits per heavy atom. The van der Waals surface area contributed by atoms with Crippen LogP contribution in [-0.4, -0.2) is 32.3 Å². The maximum atomic E-state index is 11.1. The van der Waals surface area contributed by atoms with Gasteiger partial charge in [-0.15, -0.1) is 0 Å². The summed E-state index contributed by atoms with van der Waals surface area (Å²) in [6.07, 6.45) is 2.88. The van der Waals surface area contributed by atoms with Gasteiger partial charge in [0, 0.05) is 12.4 Å². The van der Waals surface area contributed by atoms with Crippen LogP contribution in [0.25, 0.3) is 0 Å². The smallest absolute Gasteiger partial charge is 0.317 e. The summed E-state index contributed by atoms with van der Waals surface area (Å²) in [5, 5.41) is 18.2. The van der Waals surface area contributed by atoms with E-state index < -0.39 is 17.5 Å². The third kappa shape index (κ3) is 1.17. The Bertz CT molecular complexity index is 346. The highest BCUT2D eigenvalue weighted by molar-refractivity contribution is 5.81. The Morgan fingerprint density at radius 2 is 2.00 bits per heavy atom. The molecule has 1 aromatic rings. The molecular formula is C9H10N2O3. The van der Waals surface area contributed by atoms with Gasteiger partial charge in [0.05, 0.1) is 6.10 Å². The molecule has 14 heavy (non-hydrogen) atoms. The van der Waals surface area contributed by atoms with Gasteiger partial charge in [-0.1, -0.05) is 0 Å². The van der Waals surface area contributed by atoms with E-state index in [4.69, 9.17) is 5.11 Å². The predicted molar refractivity (Wildman–Crippen MR) is 46.6 cm³/mol. The van der Waals surface area contributed by atoms with Crippen molar-refractivity contribution in [3.8, 4) is 0 Å². The Kier molecular flexibility index (Phi) is 1.96. The summed E-state index contributed by atoms with van der Waals surface area (Å²) in [5.74, 6) is -0.674. The fraction of sp³-hybridized carbons (Fsp3) is 0.444. The molecular weight excluding hydrogens is 184 g/mol. The number of aliphatic hydroxyl groups is 1. The van der Waals surface area contributed by atoms with Gasteiger partial charge in [-0.25, -0.2) is 9.97 Å². The van der Waals surface area contributed by atoms with Crippen LogP contribution in [0.15, 0.2) is 18.5 Å². The largest absolute Gasteiger partial charge is 0.480 e. The number of carboxylic acids is 1. The van der Waals surface area contributed by atoms with E-state index >= 15 is 0 Å². The Labute approximate surface area is 80.4 Å². The third-order valence-electron chi connectivity index (χ3n) is 2.57. The summed E-state index contributed by atoms with van der Waals surface area (Å²) >= 11 is 0. The standard InChI is InChI=1S/C9H10N2O3/c12-6-4-9(5-6,8(13)14)7-10-2-1-3-11-7/h1-3,6,12H,4-5H2,(H,13,14). The monoisotopic (exact) mass is 194 g/mol. The van der Waals surface area contributed by atoms with E-state index in [0.717, 1.165) is 0 Å². The fourth-order valence-corrected chi connectivity index (χ4v) is 1.74. The Hall–Kier alpha value is -1.49. The zero-order valence-corrected chi connectivity index (χ0v) is 7.42. The number of carbonyl (C=O) groups is 1. The van der Waals surface area contributed by atoms with Crippen molar-refractivity contribution >= 4 is 5.97 Å². The highest BCUT2D eigenvalue weighted by Crippen LogP contribution is 2.42. The molecule has 0 spiro atoms. The van der Waals surface area contributed by atoms with Crippen molar-refractivity contribution in [1.29, 1.82) is 0 Å².